The molecule has 1 amide bonds. The molecule has 7 heteroatoms. The summed E-state index contributed by atoms with van der Waals surface area (Å²) < 4.78 is 35.8. The van der Waals surface area contributed by atoms with Crippen LogP contribution in [0.25, 0.3) is 0 Å². The molecule has 2 N–H and O–H groups in total. The largest absolute Gasteiger partial charge is 0.405 e. The summed E-state index contributed by atoms with van der Waals surface area (Å²) in [4.78, 5) is 13.3. The van der Waals surface area contributed by atoms with Crippen molar-refractivity contribution >= 4 is 5.91 Å². The van der Waals surface area contributed by atoms with Gasteiger partial charge in [-0.25, -0.2) is 0 Å². The molecule has 1 rings (SSSR count). The van der Waals surface area contributed by atoms with Crippen molar-refractivity contribution in [1.29, 1.82) is 0 Å². The first-order valence-electron chi connectivity index (χ1n) is 5.58. The van der Waals surface area contributed by atoms with Gasteiger partial charge >= 0.3 is 6.18 Å². The maximum absolute atomic E-state index is 11.9. The lowest BCUT2D eigenvalue weighted by Crippen LogP contribution is -2.49. The molecule has 1 fully saturated rings. The highest BCUT2D eigenvalue weighted by molar-refractivity contribution is 5.81. The van der Waals surface area contributed by atoms with Gasteiger partial charge in [-0.2, -0.15) is 13.2 Å². The highest BCUT2D eigenvalue weighted by atomic mass is 19.4. The zero-order chi connectivity index (χ0) is 13.1. The number of carbonyl (C=O) groups excluding carboxylic acids is 1. The number of carbonyl (C=O) groups is 1. The highest BCUT2D eigenvalue weighted by Crippen LogP contribution is 2.13. The van der Waals surface area contributed by atoms with Gasteiger partial charge in [-0.15, -0.1) is 0 Å². The second-order valence-electron chi connectivity index (χ2n) is 4.32. The normalized spacial score (nSPS) is 22.8. The Morgan fingerprint density at radius 3 is 2.71 bits per heavy atom. The summed E-state index contributed by atoms with van der Waals surface area (Å²) in [5.41, 5.74) is 0. The number of alkyl halides is 3. The van der Waals surface area contributed by atoms with E-state index < -0.39 is 24.7 Å². The van der Waals surface area contributed by atoms with Crippen LogP contribution < -0.4 is 10.6 Å². The quantitative estimate of drug-likeness (QED) is 0.759. The summed E-state index contributed by atoms with van der Waals surface area (Å²) in [6, 6.07) is -0.344. The van der Waals surface area contributed by atoms with Crippen molar-refractivity contribution in [2.45, 2.75) is 31.6 Å². The molecule has 1 saturated heterocycles. The molecule has 17 heavy (non-hydrogen) atoms. The molecule has 0 aliphatic carbocycles. The minimum Gasteiger partial charge on any atom is -0.346 e. The average molecular weight is 253 g/mol. The van der Waals surface area contributed by atoms with Crippen molar-refractivity contribution in [3.63, 3.8) is 0 Å². The van der Waals surface area contributed by atoms with Crippen LogP contribution in [0.4, 0.5) is 13.2 Å². The van der Waals surface area contributed by atoms with E-state index in [-0.39, 0.29) is 6.04 Å². The third-order valence-corrected chi connectivity index (χ3v) is 3.06. The first-order chi connectivity index (χ1) is 7.81. The van der Waals surface area contributed by atoms with E-state index in [0.29, 0.717) is 0 Å². The van der Waals surface area contributed by atoms with E-state index in [1.54, 1.807) is 14.0 Å². The standard InChI is InChI=1S/C10H18F3N3O/c1-7(9(17)15-6-10(11,12)13)16(2)8-3-4-14-5-8/h7-8,14H,3-6H2,1-2H3,(H,15,17). The number of rotatable bonds is 4. The van der Waals surface area contributed by atoms with Crippen LogP contribution in [0.5, 0.6) is 0 Å². The highest BCUT2D eigenvalue weighted by Gasteiger charge is 2.31. The van der Waals surface area contributed by atoms with Crippen LogP contribution in [0, 0.1) is 0 Å². The SMILES string of the molecule is CC(C(=O)NCC(F)(F)F)N(C)C1CCNC1. The van der Waals surface area contributed by atoms with Crippen molar-refractivity contribution in [2.24, 2.45) is 0 Å². The molecule has 2 atom stereocenters. The van der Waals surface area contributed by atoms with E-state index in [9.17, 15) is 18.0 Å². The average Bonchev–Trinajstić information content (AvgIpc) is 2.76. The van der Waals surface area contributed by atoms with Gasteiger partial charge in [-0.3, -0.25) is 9.69 Å². The zero-order valence-electron chi connectivity index (χ0n) is 9.97. The van der Waals surface area contributed by atoms with E-state index in [1.807, 2.05) is 10.2 Å². The van der Waals surface area contributed by atoms with Crippen molar-refractivity contribution in [1.82, 2.24) is 15.5 Å². The Labute approximate surface area is 98.5 Å². The summed E-state index contributed by atoms with van der Waals surface area (Å²) in [6.07, 6.45) is -3.45. The molecule has 4 nitrogen and oxygen atoms in total. The molecule has 0 spiro atoms. The van der Waals surface area contributed by atoms with Crippen molar-refractivity contribution in [3.05, 3.63) is 0 Å². The van der Waals surface area contributed by atoms with Crippen LogP contribution in [0.15, 0.2) is 0 Å². The van der Waals surface area contributed by atoms with Gasteiger partial charge in [0.25, 0.3) is 0 Å². The number of amides is 1. The zero-order valence-corrected chi connectivity index (χ0v) is 9.97. The van der Waals surface area contributed by atoms with Crippen LogP contribution in [-0.2, 0) is 4.79 Å². The summed E-state index contributed by atoms with van der Waals surface area (Å²) in [5, 5.41) is 5.05. The van der Waals surface area contributed by atoms with Gasteiger partial charge in [-0.1, -0.05) is 0 Å². The van der Waals surface area contributed by atoms with Gasteiger partial charge in [0.05, 0.1) is 6.04 Å². The van der Waals surface area contributed by atoms with Crippen LogP contribution in [0.1, 0.15) is 13.3 Å². The van der Waals surface area contributed by atoms with Crippen LogP contribution in [0.3, 0.4) is 0 Å². The molecule has 0 aromatic heterocycles. The number of nitrogens with one attached hydrogen (secondary N) is 2. The molecule has 1 aliphatic heterocycles. The summed E-state index contributed by atoms with van der Waals surface area (Å²) in [7, 11) is 1.76. The molecule has 2 unspecified atom stereocenters. The molecule has 0 aromatic carbocycles. The fourth-order valence-electron chi connectivity index (χ4n) is 1.82. The molecular formula is C10H18F3N3O. The number of hydrogen-bond acceptors (Lipinski definition) is 3. The molecule has 0 saturated carbocycles. The van der Waals surface area contributed by atoms with Gasteiger partial charge in [0.1, 0.15) is 6.54 Å². The topological polar surface area (TPSA) is 44.4 Å². The molecule has 1 heterocycles. The fourth-order valence-corrected chi connectivity index (χ4v) is 1.82. The van der Waals surface area contributed by atoms with Crippen LogP contribution >= 0.6 is 0 Å². The number of halogens is 3. The molecular weight excluding hydrogens is 235 g/mol. The van der Waals surface area contributed by atoms with E-state index in [2.05, 4.69) is 5.32 Å². The second-order valence-corrected chi connectivity index (χ2v) is 4.32. The van der Waals surface area contributed by atoms with E-state index >= 15 is 0 Å². The van der Waals surface area contributed by atoms with E-state index in [1.165, 1.54) is 0 Å². The Hall–Kier alpha value is -0.820. The number of likely N-dealkylation sites (N-methyl/N-ethyl adjacent to an activating group) is 1. The molecule has 0 bridgehead atoms. The third-order valence-electron chi connectivity index (χ3n) is 3.06. The lowest BCUT2D eigenvalue weighted by Gasteiger charge is -2.29. The first-order valence-corrected chi connectivity index (χ1v) is 5.58. The van der Waals surface area contributed by atoms with Crippen LogP contribution in [0.2, 0.25) is 0 Å². The van der Waals surface area contributed by atoms with Gasteiger partial charge in [-0.05, 0) is 26.9 Å². The van der Waals surface area contributed by atoms with Crippen LogP contribution in [-0.4, -0.2) is 55.7 Å². The third kappa shape index (κ3) is 4.51. The minimum absolute atomic E-state index is 0.210. The molecule has 100 valence electrons. The van der Waals surface area contributed by atoms with Gasteiger partial charge < -0.3 is 10.6 Å². The number of hydrogen-bond donors (Lipinski definition) is 2. The van der Waals surface area contributed by atoms with Crippen molar-refractivity contribution in [3.8, 4) is 0 Å². The maximum atomic E-state index is 11.9. The Morgan fingerprint density at radius 2 is 2.24 bits per heavy atom. The van der Waals surface area contributed by atoms with Gasteiger partial charge in [0.2, 0.25) is 5.91 Å². The predicted octanol–water partition coefficient (Wildman–Crippen LogP) is 0.347. The lowest BCUT2D eigenvalue weighted by molar-refractivity contribution is -0.141. The molecule has 0 aromatic rings. The van der Waals surface area contributed by atoms with Crippen molar-refractivity contribution in [2.75, 3.05) is 26.7 Å². The van der Waals surface area contributed by atoms with E-state index in [4.69, 9.17) is 0 Å². The Bertz CT molecular complexity index is 264. The Kier molecular flexibility index (Phi) is 4.76. The fraction of sp³-hybridized carbons (Fsp3) is 0.900. The Balaban J connectivity index is 2.39. The molecule has 1 aliphatic rings. The van der Waals surface area contributed by atoms with Gasteiger partial charge in [0.15, 0.2) is 0 Å². The first kappa shape index (κ1) is 14.2. The predicted molar refractivity (Wildman–Crippen MR) is 57.6 cm³/mol. The minimum atomic E-state index is -4.36. The number of nitrogens with zero attached hydrogens (tertiary/aromatic N) is 1. The second kappa shape index (κ2) is 5.68. The van der Waals surface area contributed by atoms with Gasteiger partial charge in [0, 0.05) is 12.6 Å². The van der Waals surface area contributed by atoms with Crippen molar-refractivity contribution < 1.29 is 18.0 Å². The summed E-state index contributed by atoms with van der Waals surface area (Å²) in [6.45, 7) is 2.00. The maximum Gasteiger partial charge on any atom is 0.405 e. The monoisotopic (exact) mass is 253 g/mol. The smallest absolute Gasteiger partial charge is 0.346 e. The summed E-state index contributed by atoms with van der Waals surface area (Å²) in [5.74, 6) is -0.586. The summed E-state index contributed by atoms with van der Waals surface area (Å²) >= 11 is 0. The van der Waals surface area contributed by atoms with E-state index in [0.717, 1.165) is 19.5 Å². The Morgan fingerprint density at radius 1 is 1.59 bits per heavy atom. The lowest BCUT2D eigenvalue weighted by atomic mass is 10.1. The molecule has 0 radical (unpaired) electrons.